The van der Waals surface area contributed by atoms with Crippen LogP contribution < -0.4 is 4.74 Å². The first-order valence-electron chi connectivity index (χ1n) is 11.3. The Labute approximate surface area is 195 Å². The number of hydrogen-bond acceptors (Lipinski definition) is 7. The van der Waals surface area contributed by atoms with Gasteiger partial charge in [-0.05, 0) is 84.5 Å². The quantitative estimate of drug-likeness (QED) is 0.450. The van der Waals surface area contributed by atoms with Crippen LogP contribution in [0.25, 0.3) is 0 Å². The van der Waals surface area contributed by atoms with Crippen molar-refractivity contribution in [1.82, 2.24) is 9.45 Å². The molecular weight excluding hydrogens is 444 g/mol. The lowest BCUT2D eigenvalue weighted by Gasteiger charge is -2.28. The lowest BCUT2D eigenvalue weighted by Crippen LogP contribution is -2.34. The Bertz CT molecular complexity index is 974. The molecule has 2 aromatic rings. The number of hydrogen-bond donors (Lipinski definition) is 0. The number of hydroxylamine groups is 1. The van der Waals surface area contributed by atoms with Gasteiger partial charge in [-0.3, -0.25) is 9.78 Å². The summed E-state index contributed by atoms with van der Waals surface area (Å²) in [5.74, 6) is 0.134. The number of benzene rings is 1. The summed E-state index contributed by atoms with van der Waals surface area (Å²) in [5, 5.41) is 0. The van der Waals surface area contributed by atoms with Crippen molar-refractivity contribution in [2.45, 2.75) is 63.0 Å². The van der Waals surface area contributed by atoms with Gasteiger partial charge in [0.1, 0.15) is 5.75 Å². The first-order valence-corrected chi connectivity index (χ1v) is 12.7. The van der Waals surface area contributed by atoms with E-state index < -0.39 is 16.0 Å². The summed E-state index contributed by atoms with van der Waals surface area (Å²) >= 11 is 0. The average molecular weight is 477 g/mol. The fourth-order valence-corrected chi connectivity index (χ4v) is 5.06. The fraction of sp³-hybridized carbons (Fsp3) is 0.500. The van der Waals surface area contributed by atoms with Crippen molar-refractivity contribution in [3.63, 3.8) is 0 Å². The average Bonchev–Trinajstić information content (AvgIpc) is 2.84. The normalized spacial score (nSPS) is 18.8. The Hall–Kier alpha value is -2.49. The van der Waals surface area contributed by atoms with E-state index in [1.807, 2.05) is 0 Å². The number of methoxy groups -OCH3 is 1. The molecule has 1 aromatic heterocycles. The molecule has 0 atom stereocenters. The molecule has 3 rings (SSSR count). The summed E-state index contributed by atoms with van der Waals surface area (Å²) in [6.45, 7) is 2.73. The van der Waals surface area contributed by atoms with Gasteiger partial charge in [0.2, 0.25) is 0 Å². The highest BCUT2D eigenvalue weighted by molar-refractivity contribution is 7.89. The van der Waals surface area contributed by atoms with Crippen LogP contribution in [0.2, 0.25) is 0 Å². The van der Waals surface area contributed by atoms with Crippen LogP contribution >= 0.6 is 0 Å². The van der Waals surface area contributed by atoms with Crippen molar-refractivity contribution in [2.75, 3.05) is 13.7 Å². The van der Waals surface area contributed by atoms with Crippen LogP contribution in [0.1, 0.15) is 51.0 Å². The monoisotopic (exact) mass is 476 g/mol. The number of nitrogens with zero attached hydrogens (tertiary/aromatic N) is 2. The molecule has 1 aromatic carbocycles. The topological polar surface area (TPSA) is 95.0 Å². The third-order valence-corrected chi connectivity index (χ3v) is 7.30. The van der Waals surface area contributed by atoms with Crippen LogP contribution in [0.5, 0.6) is 5.75 Å². The van der Waals surface area contributed by atoms with Gasteiger partial charge >= 0.3 is 5.97 Å². The lowest BCUT2D eigenvalue weighted by molar-refractivity contribution is -0.172. The van der Waals surface area contributed by atoms with Crippen molar-refractivity contribution < 1.29 is 27.5 Å². The van der Waals surface area contributed by atoms with Crippen molar-refractivity contribution in [3.8, 4) is 5.75 Å². The molecule has 180 valence electrons. The minimum Gasteiger partial charge on any atom is -0.497 e. The minimum atomic E-state index is -4.08. The van der Waals surface area contributed by atoms with Crippen LogP contribution in [0.4, 0.5) is 0 Å². The number of ether oxygens (including phenoxy) is 2. The first kappa shape index (κ1) is 25.1. The van der Waals surface area contributed by atoms with Crippen molar-refractivity contribution in [1.29, 1.82) is 0 Å². The number of carbonyl (C=O) groups is 1. The number of aromatic nitrogens is 1. The minimum absolute atomic E-state index is 0.0127. The molecule has 1 aliphatic carbocycles. The van der Waals surface area contributed by atoms with Gasteiger partial charge in [0, 0.05) is 19.0 Å². The van der Waals surface area contributed by atoms with E-state index in [2.05, 4.69) is 11.9 Å². The molecule has 1 fully saturated rings. The van der Waals surface area contributed by atoms with Gasteiger partial charge in [0.25, 0.3) is 10.0 Å². The summed E-state index contributed by atoms with van der Waals surface area (Å²) in [7, 11) is -2.58. The highest BCUT2D eigenvalue weighted by atomic mass is 32.2. The van der Waals surface area contributed by atoms with E-state index in [1.165, 1.54) is 19.2 Å². The van der Waals surface area contributed by atoms with E-state index >= 15 is 0 Å². The van der Waals surface area contributed by atoms with E-state index in [-0.39, 0.29) is 29.9 Å². The Kier molecular flexibility index (Phi) is 9.22. The van der Waals surface area contributed by atoms with E-state index in [0.717, 1.165) is 43.2 Å². The fourth-order valence-electron chi connectivity index (χ4n) is 3.84. The third-order valence-electron chi connectivity index (χ3n) is 5.70. The third kappa shape index (κ3) is 7.25. The second kappa shape index (κ2) is 12.1. The Morgan fingerprint density at radius 2 is 1.73 bits per heavy atom. The molecular formula is C24H32N2O6S. The highest BCUT2D eigenvalue weighted by Crippen LogP contribution is 2.30. The zero-order valence-electron chi connectivity index (χ0n) is 19.2. The maximum Gasteiger partial charge on any atom is 0.326 e. The standard InChI is InChI=1S/C24H32N2O6S/c1-3-16-31-22-6-4-19(5-7-22)17-24(27)32-26(18-20-12-14-25-15-13-20)33(28,29)23-10-8-21(30-2)9-11-23/h8-15,19,22H,3-7,16-18H2,1-2H3. The van der Waals surface area contributed by atoms with E-state index in [9.17, 15) is 13.2 Å². The molecule has 0 spiro atoms. The number of pyridine rings is 1. The van der Waals surface area contributed by atoms with Crippen LogP contribution in [-0.4, -0.2) is 43.7 Å². The maximum absolute atomic E-state index is 13.3. The summed E-state index contributed by atoms with van der Waals surface area (Å²) in [5.41, 5.74) is 0.656. The summed E-state index contributed by atoms with van der Waals surface area (Å²) in [6.07, 6.45) is 8.07. The van der Waals surface area contributed by atoms with Crippen molar-refractivity contribution >= 4 is 16.0 Å². The van der Waals surface area contributed by atoms with Crippen LogP contribution in [-0.2, 0) is 30.9 Å². The molecule has 0 bridgehead atoms. The smallest absolute Gasteiger partial charge is 0.326 e. The Morgan fingerprint density at radius 1 is 1.06 bits per heavy atom. The molecule has 0 amide bonds. The molecule has 1 aliphatic rings. The van der Waals surface area contributed by atoms with Crippen molar-refractivity contribution in [3.05, 3.63) is 54.4 Å². The van der Waals surface area contributed by atoms with Gasteiger partial charge in [0.05, 0.1) is 31.1 Å². The summed E-state index contributed by atoms with van der Waals surface area (Å²) in [6, 6.07) is 9.33. The van der Waals surface area contributed by atoms with Crippen molar-refractivity contribution in [2.24, 2.45) is 5.92 Å². The molecule has 0 unspecified atom stereocenters. The predicted molar refractivity (Wildman–Crippen MR) is 123 cm³/mol. The van der Waals surface area contributed by atoms with Gasteiger partial charge in [0.15, 0.2) is 0 Å². The summed E-state index contributed by atoms with van der Waals surface area (Å²) in [4.78, 5) is 22.2. The zero-order valence-corrected chi connectivity index (χ0v) is 20.0. The van der Waals surface area contributed by atoms with E-state index in [1.54, 1.807) is 36.7 Å². The SMILES string of the molecule is CCCOC1CCC(CC(=O)ON(Cc2ccncc2)S(=O)(=O)c2ccc(OC)cc2)CC1. The lowest BCUT2D eigenvalue weighted by atomic mass is 9.85. The molecule has 1 saturated carbocycles. The molecule has 0 saturated heterocycles. The number of carbonyl (C=O) groups excluding carboxylic acids is 1. The summed E-state index contributed by atoms with van der Waals surface area (Å²) < 4.78 is 38.2. The van der Waals surface area contributed by atoms with Gasteiger partial charge < -0.3 is 14.3 Å². The van der Waals surface area contributed by atoms with Crippen LogP contribution in [0, 0.1) is 5.92 Å². The Balaban J connectivity index is 1.68. The molecule has 9 heteroatoms. The number of rotatable bonds is 11. The highest BCUT2D eigenvalue weighted by Gasteiger charge is 2.31. The molecule has 0 N–H and O–H groups in total. The van der Waals surface area contributed by atoms with Gasteiger partial charge in [-0.25, -0.2) is 8.42 Å². The predicted octanol–water partition coefficient (Wildman–Crippen LogP) is 4.11. The largest absolute Gasteiger partial charge is 0.497 e. The zero-order chi connectivity index (χ0) is 23.7. The van der Waals surface area contributed by atoms with Crippen LogP contribution in [0.3, 0.4) is 0 Å². The second-order valence-corrected chi connectivity index (χ2v) is 10.0. The maximum atomic E-state index is 13.3. The molecule has 1 heterocycles. The second-order valence-electron chi connectivity index (χ2n) is 8.18. The Morgan fingerprint density at radius 3 is 2.33 bits per heavy atom. The molecule has 0 radical (unpaired) electrons. The van der Waals surface area contributed by atoms with E-state index in [4.69, 9.17) is 14.3 Å². The molecule has 8 nitrogen and oxygen atoms in total. The molecule has 0 aliphatic heterocycles. The van der Waals surface area contributed by atoms with E-state index in [0.29, 0.717) is 11.3 Å². The first-order chi connectivity index (χ1) is 15.9. The van der Waals surface area contributed by atoms with Gasteiger partial charge in [-0.2, -0.15) is 0 Å². The van der Waals surface area contributed by atoms with Gasteiger partial charge in [-0.15, -0.1) is 0 Å². The van der Waals surface area contributed by atoms with Gasteiger partial charge in [-0.1, -0.05) is 6.92 Å². The number of sulfonamides is 1. The molecule has 33 heavy (non-hydrogen) atoms. The van der Waals surface area contributed by atoms with Crippen LogP contribution in [0.15, 0.2) is 53.7 Å².